The summed E-state index contributed by atoms with van der Waals surface area (Å²) in [6.45, 7) is 1.61. The maximum absolute atomic E-state index is 12.3. The molecule has 2 amide bonds. The number of carbonyl (C=O) groups excluding carboxylic acids is 1. The van der Waals surface area contributed by atoms with Crippen molar-refractivity contribution in [3.05, 3.63) is 35.9 Å². The molecule has 2 rings (SSSR count). The van der Waals surface area contributed by atoms with Crippen LogP contribution in [0.2, 0.25) is 0 Å². The van der Waals surface area contributed by atoms with E-state index in [-0.39, 0.29) is 11.9 Å². The van der Waals surface area contributed by atoms with Gasteiger partial charge in [0, 0.05) is 26.7 Å². The Labute approximate surface area is 118 Å². The number of hydrogen-bond donors (Lipinski definition) is 1. The number of likely N-dealkylation sites (tertiary alicyclic amines) is 1. The lowest BCUT2D eigenvalue weighted by atomic mass is 9.97. The number of piperidine rings is 1. The third-order valence-electron chi connectivity index (χ3n) is 3.70. The Kier molecular flexibility index (Phi) is 4.61. The minimum Gasteiger partial charge on any atom is -0.481 e. The summed E-state index contributed by atoms with van der Waals surface area (Å²) in [4.78, 5) is 26.6. The average molecular weight is 276 g/mol. The largest absolute Gasteiger partial charge is 0.481 e. The highest BCUT2D eigenvalue weighted by atomic mass is 16.4. The van der Waals surface area contributed by atoms with Crippen LogP contribution in [-0.4, -0.2) is 47.0 Å². The molecule has 5 nitrogen and oxygen atoms in total. The van der Waals surface area contributed by atoms with E-state index in [9.17, 15) is 9.59 Å². The summed E-state index contributed by atoms with van der Waals surface area (Å²) in [7, 11) is 1.78. The fraction of sp³-hybridized carbons (Fsp3) is 0.467. The first-order valence-corrected chi connectivity index (χ1v) is 6.84. The van der Waals surface area contributed by atoms with Gasteiger partial charge in [-0.1, -0.05) is 30.3 Å². The molecule has 1 aromatic carbocycles. The van der Waals surface area contributed by atoms with Crippen LogP contribution in [0.1, 0.15) is 18.4 Å². The number of carboxylic acids is 1. The highest BCUT2D eigenvalue weighted by Gasteiger charge is 2.28. The molecule has 0 radical (unpaired) electrons. The maximum Gasteiger partial charge on any atom is 0.320 e. The third-order valence-corrected chi connectivity index (χ3v) is 3.70. The zero-order valence-electron chi connectivity index (χ0n) is 11.7. The fourth-order valence-corrected chi connectivity index (χ4v) is 2.48. The molecule has 0 aliphatic carbocycles. The van der Waals surface area contributed by atoms with Crippen molar-refractivity contribution in [2.75, 3.05) is 20.1 Å². The molecule has 0 aromatic heterocycles. The van der Waals surface area contributed by atoms with Gasteiger partial charge in [-0.15, -0.1) is 0 Å². The van der Waals surface area contributed by atoms with Crippen LogP contribution in [0.15, 0.2) is 30.3 Å². The van der Waals surface area contributed by atoms with Gasteiger partial charge in [0.15, 0.2) is 0 Å². The number of carbonyl (C=O) groups is 2. The Balaban J connectivity index is 1.87. The van der Waals surface area contributed by atoms with Gasteiger partial charge in [-0.05, 0) is 18.4 Å². The number of nitrogens with zero attached hydrogens (tertiary/aromatic N) is 2. The van der Waals surface area contributed by atoms with Crippen LogP contribution in [0.5, 0.6) is 0 Å². The van der Waals surface area contributed by atoms with Crippen LogP contribution in [0.3, 0.4) is 0 Å². The highest BCUT2D eigenvalue weighted by molar-refractivity contribution is 5.75. The van der Waals surface area contributed by atoms with Gasteiger partial charge in [0.2, 0.25) is 0 Å². The molecule has 1 saturated heterocycles. The molecular weight excluding hydrogens is 256 g/mol. The summed E-state index contributed by atoms with van der Waals surface area (Å²) in [5.74, 6) is -1.06. The van der Waals surface area contributed by atoms with Crippen molar-refractivity contribution >= 4 is 12.0 Å². The van der Waals surface area contributed by atoms with Gasteiger partial charge in [0.05, 0.1) is 5.92 Å². The van der Waals surface area contributed by atoms with E-state index in [1.165, 1.54) is 0 Å². The number of rotatable bonds is 3. The Hall–Kier alpha value is -2.04. The quantitative estimate of drug-likeness (QED) is 0.919. The van der Waals surface area contributed by atoms with Gasteiger partial charge >= 0.3 is 12.0 Å². The lowest BCUT2D eigenvalue weighted by molar-refractivity contribution is -0.143. The number of carboxylic acid groups (broad SMARTS) is 1. The minimum absolute atomic E-state index is 0.0299. The summed E-state index contributed by atoms with van der Waals surface area (Å²) in [5, 5.41) is 8.95. The van der Waals surface area contributed by atoms with E-state index < -0.39 is 5.97 Å². The Morgan fingerprint density at radius 2 is 1.85 bits per heavy atom. The smallest absolute Gasteiger partial charge is 0.320 e. The van der Waals surface area contributed by atoms with Crippen molar-refractivity contribution in [1.29, 1.82) is 0 Å². The molecule has 0 bridgehead atoms. The summed E-state index contributed by atoms with van der Waals surface area (Å²) >= 11 is 0. The first-order valence-electron chi connectivity index (χ1n) is 6.84. The zero-order chi connectivity index (χ0) is 14.5. The molecule has 1 fully saturated rings. The second-order valence-corrected chi connectivity index (χ2v) is 5.22. The van der Waals surface area contributed by atoms with Gasteiger partial charge < -0.3 is 14.9 Å². The van der Waals surface area contributed by atoms with E-state index in [1.54, 1.807) is 16.8 Å². The predicted molar refractivity (Wildman–Crippen MR) is 75.2 cm³/mol. The van der Waals surface area contributed by atoms with Crippen LogP contribution in [0.4, 0.5) is 4.79 Å². The first-order chi connectivity index (χ1) is 9.58. The zero-order valence-corrected chi connectivity index (χ0v) is 11.7. The van der Waals surface area contributed by atoms with E-state index in [1.807, 2.05) is 30.3 Å². The van der Waals surface area contributed by atoms with Crippen LogP contribution in [0.25, 0.3) is 0 Å². The summed E-state index contributed by atoms with van der Waals surface area (Å²) in [6.07, 6.45) is 1.08. The standard InChI is InChI=1S/C15H20N2O3/c1-16(11-12-5-3-2-4-6-12)15(20)17-9-7-13(8-10-17)14(18)19/h2-6,13H,7-11H2,1H3,(H,18,19). The first kappa shape index (κ1) is 14.4. The van der Waals surface area contributed by atoms with Crippen molar-refractivity contribution in [3.63, 3.8) is 0 Å². The Morgan fingerprint density at radius 3 is 2.40 bits per heavy atom. The van der Waals surface area contributed by atoms with Crippen molar-refractivity contribution in [2.45, 2.75) is 19.4 Å². The van der Waals surface area contributed by atoms with Crippen molar-refractivity contribution < 1.29 is 14.7 Å². The van der Waals surface area contributed by atoms with Crippen LogP contribution < -0.4 is 0 Å². The molecule has 1 heterocycles. The molecule has 5 heteroatoms. The van der Waals surface area contributed by atoms with Crippen molar-refractivity contribution in [2.24, 2.45) is 5.92 Å². The minimum atomic E-state index is -0.755. The molecule has 0 spiro atoms. The number of hydrogen-bond acceptors (Lipinski definition) is 2. The topological polar surface area (TPSA) is 60.9 Å². The molecule has 20 heavy (non-hydrogen) atoms. The molecular formula is C15H20N2O3. The van der Waals surface area contributed by atoms with E-state index >= 15 is 0 Å². The summed E-state index contributed by atoms with van der Waals surface area (Å²) in [6, 6.07) is 9.79. The third kappa shape index (κ3) is 3.50. The van der Waals surface area contributed by atoms with Gasteiger partial charge in [-0.2, -0.15) is 0 Å². The van der Waals surface area contributed by atoms with Gasteiger partial charge in [-0.25, -0.2) is 4.79 Å². The SMILES string of the molecule is CN(Cc1ccccc1)C(=O)N1CCC(C(=O)O)CC1. The Bertz CT molecular complexity index is 467. The molecule has 0 unspecified atom stereocenters. The number of aliphatic carboxylic acids is 1. The van der Waals surface area contributed by atoms with E-state index in [0.717, 1.165) is 5.56 Å². The maximum atomic E-state index is 12.3. The van der Waals surface area contributed by atoms with E-state index in [0.29, 0.717) is 32.5 Å². The monoisotopic (exact) mass is 276 g/mol. The van der Waals surface area contributed by atoms with Gasteiger partial charge in [-0.3, -0.25) is 4.79 Å². The predicted octanol–water partition coefficient (Wildman–Crippen LogP) is 2.04. The van der Waals surface area contributed by atoms with Gasteiger partial charge in [0.25, 0.3) is 0 Å². The summed E-state index contributed by atoms with van der Waals surface area (Å²) in [5.41, 5.74) is 1.09. The number of benzene rings is 1. The van der Waals surface area contributed by atoms with Crippen LogP contribution >= 0.6 is 0 Å². The molecule has 0 saturated carbocycles. The molecule has 1 aliphatic heterocycles. The van der Waals surface area contributed by atoms with Crippen molar-refractivity contribution in [1.82, 2.24) is 9.80 Å². The molecule has 1 N–H and O–H groups in total. The van der Waals surface area contributed by atoms with Crippen LogP contribution in [-0.2, 0) is 11.3 Å². The van der Waals surface area contributed by atoms with Crippen molar-refractivity contribution in [3.8, 4) is 0 Å². The Morgan fingerprint density at radius 1 is 1.25 bits per heavy atom. The van der Waals surface area contributed by atoms with E-state index in [4.69, 9.17) is 5.11 Å². The number of urea groups is 1. The molecule has 1 aromatic rings. The highest BCUT2D eigenvalue weighted by Crippen LogP contribution is 2.18. The normalized spacial score (nSPS) is 15.9. The van der Waals surface area contributed by atoms with E-state index in [2.05, 4.69) is 0 Å². The van der Waals surface area contributed by atoms with Gasteiger partial charge in [0.1, 0.15) is 0 Å². The van der Waals surface area contributed by atoms with Crippen LogP contribution in [0, 0.1) is 5.92 Å². The molecule has 108 valence electrons. The molecule has 0 atom stereocenters. The average Bonchev–Trinajstić information content (AvgIpc) is 2.47. The fourth-order valence-electron chi connectivity index (χ4n) is 2.48. The lowest BCUT2D eigenvalue weighted by Gasteiger charge is -2.33. The summed E-state index contributed by atoms with van der Waals surface area (Å²) < 4.78 is 0. The lowest BCUT2D eigenvalue weighted by Crippen LogP contribution is -2.45. The molecule has 1 aliphatic rings. The second-order valence-electron chi connectivity index (χ2n) is 5.22. The number of amides is 2. The second kappa shape index (κ2) is 6.41.